The van der Waals surface area contributed by atoms with Gasteiger partial charge in [-0.1, -0.05) is 0 Å². The Morgan fingerprint density at radius 2 is 2.58 bits per heavy atom. The molecule has 0 radical (unpaired) electrons. The molecule has 0 saturated carbocycles. The summed E-state index contributed by atoms with van der Waals surface area (Å²) >= 11 is 0. The van der Waals surface area contributed by atoms with E-state index in [4.69, 9.17) is 9.52 Å². The number of hydrogen-bond donors (Lipinski definition) is 2. The molecule has 0 saturated heterocycles. The maximum absolute atomic E-state index is 10.5. The predicted octanol–water partition coefficient (Wildman–Crippen LogP) is 0.629. The first-order valence-corrected chi connectivity index (χ1v) is 3.31. The van der Waals surface area contributed by atoms with Crippen LogP contribution >= 0.6 is 0 Å². The number of aromatic carboxylic acids is 1. The second kappa shape index (κ2) is 3.89. The summed E-state index contributed by atoms with van der Waals surface area (Å²) in [7, 11) is 1.45. The van der Waals surface area contributed by atoms with Crippen LogP contribution in [0.5, 0.6) is 0 Å². The zero-order chi connectivity index (χ0) is 8.97. The Bertz CT molecular complexity index is 268. The lowest BCUT2D eigenvalue weighted by Crippen LogP contribution is -2.12. The lowest BCUT2D eigenvalue weighted by molar-refractivity contribution is 0.0680. The van der Waals surface area contributed by atoms with Gasteiger partial charge < -0.3 is 14.4 Å². The highest BCUT2D eigenvalue weighted by Gasteiger charge is 2.11. The minimum atomic E-state index is -1.00. The molecule has 1 rings (SSSR count). The first kappa shape index (κ1) is 8.76. The number of carboxylic acid groups (broad SMARTS) is 1. The summed E-state index contributed by atoms with van der Waals surface area (Å²) in [5, 5.41) is 8.63. The molecule has 12 heavy (non-hydrogen) atoms. The van der Waals surface area contributed by atoms with E-state index in [0.29, 0.717) is 5.76 Å². The Labute approximate surface area is 68.9 Å². The van der Waals surface area contributed by atoms with Crippen LogP contribution < -0.4 is 5.48 Å². The maximum atomic E-state index is 10.5. The van der Waals surface area contributed by atoms with Gasteiger partial charge in [0.2, 0.25) is 0 Å². The molecule has 0 aliphatic rings. The molecular weight excluding hydrogens is 162 g/mol. The van der Waals surface area contributed by atoms with E-state index in [1.165, 1.54) is 19.4 Å². The molecule has 0 aromatic carbocycles. The van der Waals surface area contributed by atoms with Crippen molar-refractivity contribution in [3.8, 4) is 0 Å². The number of furan rings is 1. The third kappa shape index (κ3) is 1.84. The van der Waals surface area contributed by atoms with Crippen molar-refractivity contribution in [2.24, 2.45) is 0 Å². The van der Waals surface area contributed by atoms with Crippen LogP contribution in [-0.2, 0) is 11.4 Å². The Hall–Kier alpha value is -1.33. The minimum Gasteiger partial charge on any atom is -0.478 e. The molecular formula is C7H9NO4. The first-order valence-electron chi connectivity index (χ1n) is 3.31. The number of nitrogens with one attached hydrogen (secondary N) is 1. The second-order valence-electron chi connectivity index (χ2n) is 2.09. The fourth-order valence-corrected chi connectivity index (χ4v) is 0.806. The van der Waals surface area contributed by atoms with Gasteiger partial charge in [-0.05, 0) is 6.07 Å². The summed E-state index contributed by atoms with van der Waals surface area (Å²) in [5.41, 5.74) is 2.64. The van der Waals surface area contributed by atoms with Crippen LogP contribution in [0.15, 0.2) is 16.7 Å². The summed E-state index contributed by atoms with van der Waals surface area (Å²) in [6.45, 7) is 0.241. The van der Waals surface area contributed by atoms with Crippen LogP contribution in [0.1, 0.15) is 16.1 Å². The van der Waals surface area contributed by atoms with E-state index in [1.807, 2.05) is 0 Å². The molecule has 0 amide bonds. The Balaban J connectivity index is 2.70. The third-order valence-electron chi connectivity index (χ3n) is 1.35. The molecule has 0 aliphatic carbocycles. The fraction of sp³-hybridized carbons (Fsp3) is 0.286. The van der Waals surface area contributed by atoms with Crippen molar-refractivity contribution in [3.63, 3.8) is 0 Å². The highest BCUT2D eigenvalue weighted by atomic mass is 16.6. The average molecular weight is 171 g/mol. The molecule has 5 heteroatoms. The van der Waals surface area contributed by atoms with Gasteiger partial charge in [0.15, 0.2) is 0 Å². The monoisotopic (exact) mass is 171 g/mol. The molecule has 0 spiro atoms. The average Bonchev–Trinajstić information content (AvgIpc) is 2.48. The first-order chi connectivity index (χ1) is 5.75. The Kier molecular flexibility index (Phi) is 2.84. The molecule has 1 aromatic heterocycles. The van der Waals surface area contributed by atoms with Crippen molar-refractivity contribution in [2.75, 3.05) is 7.11 Å². The molecule has 2 N–H and O–H groups in total. The number of carboxylic acids is 1. The minimum absolute atomic E-state index is 0.152. The van der Waals surface area contributed by atoms with Crippen molar-refractivity contribution >= 4 is 5.97 Å². The predicted molar refractivity (Wildman–Crippen MR) is 39.5 cm³/mol. The van der Waals surface area contributed by atoms with Crippen LogP contribution in [-0.4, -0.2) is 18.2 Å². The van der Waals surface area contributed by atoms with Gasteiger partial charge in [-0.2, -0.15) is 5.48 Å². The van der Waals surface area contributed by atoms with Crippen molar-refractivity contribution in [1.29, 1.82) is 0 Å². The zero-order valence-electron chi connectivity index (χ0n) is 6.53. The number of hydroxylamine groups is 1. The van der Waals surface area contributed by atoms with E-state index in [0.717, 1.165) is 0 Å². The molecule has 0 bridgehead atoms. The summed E-state index contributed by atoms with van der Waals surface area (Å²) in [5.74, 6) is -0.652. The van der Waals surface area contributed by atoms with Gasteiger partial charge in [0.1, 0.15) is 11.3 Å². The van der Waals surface area contributed by atoms with Crippen LogP contribution in [0, 0.1) is 0 Å². The summed E-state index contributed by atoms with van der Waals surface area (Å²) in [6.07, 6.45) is 1.33. The van der Waals surface area contributed by atoms with Gasteiger partial charge in [-0.3, -0.25) is 0 Å². The molecule has 0 aliphatic heterocycles. The van der Waals surface area contributed by atoms with Gasteiger partial charge in [0.05, 0.1) is 19.9 Å². The number of rotatable bonds is 4. The molecule has 1 aromatic rings. The van der Waals surface area contributed by atoms with Crippen LogP contribution in [0.25, 0.3) is 0 Å². The lowest BCUT2D eigenvalue weighted by Gasteiger charge is -1.98. The maximum Gasteiger partial charge on any atom is 0.339 e. The third-order valence-corrected chi connectivity index (χ3v) is 1.35. The van der Waals surface area contributed by atoms with Gasteiger partial charge in [0, 0.05) is 0 Å². The summed E-state index contributed by atoms with van der Waals surface area (Å²) in [4.78, 5) is 15.1. The topological polar surface area (TPSA) is 71.7 Å². The van der Waals surface area contributed by atoms with Gasteiger partial charge in [-0.25, -0.2) is 4.79 Å². The van der Waals surface area contributed by atoms with Gasteiger partial charge in [-0.15, -0.1) is 0 Å². The standard InChI is InChI=1S/C7H9NO4/c1-11-8-4-6-5(7(9)10)2-3-12-6/h2-3,8H,4H2,1H3,(H,9,10). The van der Waals surface area contributed by atoms with Crippen molar-refractivity contribution in [3.05, 3.63) is 23.7 Å². The van der Waals surface area contributed by atoms with E-state index in [2.05, 4.69) is 10.3 Å². The van der Waals surface area contributed by atoms with E-state index in [1.54, 1.807) is 0 Å². The van der Waals surface area contributed by atoms with Crippen LogP contribution in [0.2, 0.25) is 0 Å². The van der Waals surface area contributed by atoms with E-state index in [9.17, 15) is 4.79 Å². The van der Waals surface area contributed by atoms with Crippen molar-refractivity contribution in [2.45, 2.75) is 6.54 Å². The largest absolute Gasteiger partial charge is 0.478 e. The number of carbonyl (C=O) groups is 1. The summed E-state index contributed by atoms with van der Waals surface area (Å²) in [6, 6.07) is 1.40. The Morgan fingerprint density at radius 1 is 1.83 bits per heavy atom. The SMILES string of the molecule is CONCc1occc1C(=O)O. The normalized spacial score (nSPS) is 10.1. The molecule has 0 unspecified atom stereocenters. The van der Waals surface area contributed by atoms with Gasteiger partial charge in [0.25, 0.3) is 0 Å². The van der Waals surface area contributed by atoms with Crippen molar-refractivity contribution < 1.29 is 19.2 Å². The van der Waals surface area contributed by atoms with E-state index >= 15 is 0 Å². The van der Waals surface area contributed by atoms with Crippen LogP contribution in [0.3, 0.4) is 0 Å². The molecule has 0 fully saturated rings. The molecule has 66 valence electrons. The number of hydrogen-bond acceptors (Lipinski definition) is 4. The van der Waals surface area contributed by atoms with Crippen molar-refractivity contribution in [1.82, 2.24) is 5.48 Å². The second-order valence-corrected chi connectivity index (χ2v) is 2.09. The summed E-state index contributed by atoms with van der Waals surface area (Å²) < 4.78 is 4.90. The Morgan fingerprint density at radius 3 is 3.17 bits per heavy atom. The highest BCUT2D eigenvalue weighted by molar-refractivity contribution is 5.88. The van der Waals surface area contributed by atoms with E-state index in [-0.39, 0.29) is 12.1 Å². The van der Waals surface area contributed by atoms with E-state index < -0.39 is 5.97 Å². The molecule has 5 nitrogen and oxygen atoms in total. The quantitative estimate of drug-likeness (QED) is 0.650. The highest BCUT2D eigenvalue weighted by Crippen LogP contribution is 2.09. The fourth-order valence-electron chi connectivity index (χ4n) is 0.806. The lowest BCUT2D eigenvalue weighted by atomic mass is 10.2. The molecule has 1 heterocycles. The molecule has 0 atom stereocenters. The van der Waals surface area contributed by atoms with Crippen LogP contribution in [0.4, 0.5) is 0 Å². The zero-order valence-corrected chi connectivity index (χ0v) is 6.53. The smallest absolute Gasteiger partial charge is 0.339 e. The van der Waals surface area contributed by atoms with Gasteiger partial charge >= 0.3 is 5.97 Å².